The standard InChI is InChI=1S/C23H29NO2/c1-15-8-9-19(14-16(15)2)21(25)17(3)24(7)22(26)18-10-12-20(13-11-18)23(4,5)6/h8-14,17H,1-7H3. The fourth-order valence-corrected chi connectivity index (χ4v) is 2.80. The largest absolute Gasteiger partial charge is 0.332 e. The van der Waals surface area contributed by atoms with Gasteiger partial charge in [-0.05, 0) is 61.1 Å². The number of rotatable bonds is 4. The van der Waals surface area contributed by atoms with Crippen molar-refractivity contribution in [2.75, 3.05) is 7.05 Å². The second-order valence-electron chi connectivity index (χ2n) is 8.08. The molecule has 1 amide bonds. The van der Waals surface area contributed by atoms with E-state index in [-0.39, 0.29) is 17.1 Å². The van der Waals surface area contributed by atoms with Crippen LogP contribution in [-0.4, -0.2) is 29.7 Å². The molecule has 0 aliphatic heterocycles. The minimum atomic E-state index is -0.521. The van der Waals surface area contributed by atoms with E-state index < -0.39 is 6.04 Å². The fraction of sp³-hybridized carbons (Fsp3) is 0.391. The van der Waals surface area contributed by atoms with Crippen molar-refractivity contribution in [3.63, 3.8) is 0 Å². The van der Waals surface area contributed by atoms with Gasteiger partial charge in [0.15, 0.2) is 5.78 Å². The number of ketones is 1. The van der Waals surface area contributed by atoms with E-state index in [2.05, 4.69) is 20.8 Å². The van der Waals surface area contributed by atoms with E-state index in [0.717, 1.165) is 11.1 Å². The van der Waals surface area contributed by atoms with Gasteiger partial charge in [-0.2, -0.15) is 0 Å². The first-order valence-electron chi connectivity index (χ1n) is 9.01. The normalized spacial score (nSPS) is 12.6. The van der Waals surface area contributed by atoms with Crippen LogP contribution in [-0.2, 0) is 5.41 Å². The Hall–Kier alpha value is -2.42. The molecule has 1 atom stereocenters. The van der Waals surface area contributed by atoms with E-state index in [9.17, 15) is 9.59 Å². The number of Topliss-reactive ketones (excluding diaryl/α,β-unsaturated/α-hetero) is 1. The minimum Gasteiger partial charge on any atom is -0.332 e. The van der Waals surface area contributed by atoms with Gasteiger partial charge in [-0.25, -0.2) is 0 Å². The molecule has 1 unspecified atom stereocenters. The highest BCUT2D eigenvalue weighted by Crippen LogP contribution is 2.23. The number of aryl methyl sites for hydroxylation is 2. The summed E-state index contributed by atoms with van der Waals surface area (Å²) in [7, 11) is 1.68. The van der Waals surface area contributed by atoms with Crippen LogP contribution in [0.1, 0.15) is 65.1 Å². The van der Waals surface area contributed by atoms with Gasteiger partial charge < -0.3 is 4.90 Å². The van der Waals surface area contributed by atoms with Crippen molar-refractivity contribution in [1.29, 1.82) is 0 Å². The van der Waals surface area contributed by atoms with Gasteiger partial charge in [-0.15, -0.1) is 0 Å². The second-order valence-corrected chi connectivity index (χ2v) is 8.08. The van der Waals surface area contributed by atoms with Crippen LogP contribution in [0.3, 0.4) is 0 Å². The lowest BCUT2D eigenvalue weighted by atomic mass is 9.86. The van der Waals surface area contributed by atoms with Crippen LogP contribution >= 0.6 is 0 Å². The number of carbonyl (C=O) groups excluding carboxylic acids is 2. The smallest absolute Gasteiger partial charge is 0.254 e. The molecule has 0 heterocycles. The van der Waals surface area contributed by atoms with Gasteiger partial charge in [0.1, 0.15) is 0 Å². The molecular weight excluding hydrogens is 322 g/mol. The summed E-state index contributed by atoms with van der Waals surface area (Å²) in [6.45, 7) is 12.2. The molecular formula is C23H29NO2. The molecule has 3 nitrogen and oxygen atoms in total. The van der Waals surface area contributed by atoms with Crippen molar-refractivity contribution in [2.24, 2.45) is 0 Å². The molecule has 2 aromatic rings. The summed E-state index contributed by atoms with van der Waals surface area (Å²) in [5, 5.41) is 0. The number of carbonyl (C=O) groups is 2. The number of likely N-dealkylation sites (N-methyl/N-ethyl adjacent to an activating group) is 1. The summed E-state index contributed by atoms with van der Waals surface area (Å²) < 4.78 is 0. The molecule has 0 bridgehead atoms. The molecule has 0 saturated carbocycles. The van der Waals surface area contributed by atoms with Crippen molar-refractivity contribution in [2.45, 2.75) is 53.0 Å². The molecule has 0 radical (unpaired) electrons. The Bertz CT molecular complexity index is 813. The lowest BCUT2D eigenvalue weighted by Gasteiger charge is -2.25. The van der Waals surface area contributed by atoms with Crippen molar-refractivity contribution >= 4 is 11.7 Å². The van der Waals surface area contributed by atoms with Crippen molar-refractivity contribution in [3.05, 3.63) is 70.3 Å². The molecule has 0 aliphatic carbocycles. The van der Waals surface area contributed by atoms with Gasteiger partial charge in [0.25, 0.3) is 5.91 Å². The monoisotopic (exact) mass is 351 g/mol. The van der Waals surface area contributed by atoms with Crippen LogP contribution < -0.4 is 0 Å². The predicted molar refractivity (Wildman–Crippen MR) is 107 cm³/mol. The first-order chi connectivity index (χ1) is 12.0. The molecule has 0 aliphatic rings. The van der Waals surface area contributed by atoms with Crippen LogP contribution in [0.2, 0.25) is 0 Å². The maximum atomic E-state index is 12.8. The van der Waals surface area contributed by atoms with Gasteiger partial charge in [-0.3, -0.25) is 9.59 Å². The summed E-state index contributed by atoms with van der Waals surface area (Å²) in [4.78, 5) is 27.1. The Morgan fingerprint density at radius 2 is 1.42 bits per heavy atom. The van der Waals surface area contributed by atoms with E-state index in [1.165, 1.54) is 10.5 Å². The zero-order valence-corrected chi connectivity index (χ0v) is 16.9. The summed E-state index contributed by atoms with van der Waals surface area (Å²) in [5.41, 5.74) is 4.69. The molecule has 0 aromatic heterocycles. The average Bonchev–Trinajstić information content (AvgIpc) is 2.61. The molecule has 138 valence electrons. The van der Waals surface area contributed by atoms with Gasteiger partial charge in [0.05, 0.1) is 6.04 Å². The lowest BCUT2D eigenvalue weighted by Crippen LogP contribution is -2.40. The molecule has 0 saturated heterocycles. The highest BCUT2D eigenvalue weighted by molar-refractivity contribution is 6.04. The Morgan fingerprint density at radius 3 is 1.92 bits per heavy atom. The van der Waals surface area contributed by atoms with Crippen LogP contribution in [0.25, 0.3) is 0 Å². The van der Waals surface area contributed by atoms with E-state index in [0.29, 0.717) is 11.1 Å². The number of nitrogens with zero attached hydrogens (tertiary/aromatic N) is 1. The molecule has 2 rings (SSSR count). The van der Waals surface area contributed by atoms with Crippen LogP contribution in [0.4, 0.5) is 0 Å². The summed E-state index contributed by atoms with van der Waals surface area (Å²) in [6.07, 6.45) is 0. The average molecular weight is 351 g/mol. The zero-order chi connectivity index (χ0) is 19.6. The molecule has 0 spiro atoms. The van der Waals surface area contributed by atoms with Crippen LogP contribution in [0, 0.1) is 13.8 Å². The second kappa shape index (κ2) is 7.45. The number of amides is 1. The van der Waals surface area contributed by atoms with E-state index in [4.69, 9.17) is 0 Å². The van der Waals surface area contributed by atoms with Gasteiger partial charge in [0.2, 0.25) is 0 Å². The SMILES string of the molecule is Cc1ccc(C(=O)C(C)N(C)C(=O)c2ccc(C(C)(C)C)cc2)cc1C. The highest BCUT2D eigenvalue weighted by atomic mass is 16.2. The molecule has 0 fully saturated rings. The maximum Gasteiger partial charge on any atom is 0.254 e. The van der Waals surface area contributed by atoms with Crippen molar-refractivity contribution in [3.8, 4) is 0 Å². The summed E-state index contributed by atoms with van der Waals surface area (Å²) in [5.74, 6) is -0.189. The first-order valence-corrected chi connectivity index (χ1v) is 9.01. The first kappa shape index (κ1) is 19.9. The van der Waals surface area contributed by atoms with E-state index in [1.807, 2.05) is 56.3 Å². The van der Waals surface area contributed by atoms with Gasteiger partial charge in [0, 0.05) is 18.2 Å². The summed E-state index contributed by atoms with van der Waals surface area (Å²) >= 11 is 0. The molecule has 26 heavy (non-hydrogen) atoms. The lowest BCUT2D eigenvalue weighted by molar-refractivity contribution is 0.0675. The van der Waals surface area contributed by atoms with Crippen molar-refractivity contribution in [1.82, 2.24) is 4.90 Å². The Balaban J connectivity index is 2.18. The number of hydrogen-bond acceptors (Lipinski definition) is 2. The van der Waals surface area contributed by atoms with Gasteiger partial charge >= 0.3 is 0 Å². The third-order valence-corrected chi connectivity index (χ3v) is 5.07. The Morgan fingerprint density at radius 1 is 0.885 bits per heavy atom. The van der Waals surface area contributed by atoms with Crippen LogP contribution in [0.5, 0.6) is 0 Å². The highest BCUT2D eigenvalue weighted by Gasteiger charge is 2.25. The maximum absolute atomic E-state index is 12.8. The van der Waals surface area contributed by atoms with Gasteiger partial charge in [-0.1, -0.05) is 45.0 Å². The minimum absolute atomic E-state index is 0.0417. The number of hydrogen-bond donors (Lipinski definition) is 0. The predicted octanol–water partition coefficient (Wildman–Crippen LogP) is 4.94. The van der Waals surface area contributed by atoms with Crippen LogP contribution in [0.15, 0.2) is 42.5 Å². The van der Waals surface area contributed by atoms with E-state index >= 15 is 0 Å². The molecule has 0 N–H and O–H groups in total. The molecule has 2 aromatic carbocycles. The third-order valence-electron chi connectivity index (χ3n) is 5.07. The quantitative estimate of drug-likeness (QED) is 0.731. The zero-order valence-electron chi connectivity index (χ0n) is 16.9. The Kier molecular flexibility index (Phi) is 5.70. The third kappa shape index (κ3) is 4.21. The van der Waals surface area contributed by atoms with E-state index in [1.54, 1.807) is 14.0 Å². The number of benzene rings is 2. The topological polar surface area (TPSA) is 37.4 Å². The summed E-state index contributed by atoms with van der Waals surface area (Å²) in [6, 6.07) is 12.8. The van der Waals surface area contributed by atoms with Crippen molar-refractivity contribution < 1.29 is 9.59 Å². The fourth-order valence-electron chi connectivity index (χ4n) is 2.80. The molecule has 3 heteroatoms. The Labute approximate surface area is 157 Å².